The molecule has 1 aliphatic rings. The lowest BCUT2D eigenvalue weighted by Crippen LogP contribution is -2.49. The minimum absolute atomic E-state index is 0.0147. The highest BCUT2D eigenvalue weighted by atomic mass is 19.1. The highest BCUT2D eigenvalue weighted by molar-refractivity contribution is 5.67. The zero-order chi connectivity index (χ0) is 19.9. The van der Waals surface area contributed by atoms with Crippen LogP contribution in [0.2, 0.25) is 0 Å². The fraction of sp³-hybridized carbons (Fsp3) is 0.409. The molecule has 1 aliphatic heterocycles. The van der Waals surface area contributed by atoms with Crippen LogP contribution in [0.1, 0.15) is 29.7 Å². The summed E-state index contributed by atoms with van der Waals surface area (Å²) in [5.74, 6) is -0.201. The number of hydrogen-bond acceptors (Lipinski definition) is 4. The predicted molar refractivity (Wildman–Crippen MR) is 105 cm³/mol. The van der Waals surface area contributed by atoms with Crippen molar-refractivity contribution in [3.8, 4) is 0 Å². The van der Waals surface area contributed by atoms with E-state index >= 15 is 0 Å². The molecule has 150 valence electrons. The summed E-state index contributed by atoms with van der Waals surface area (Å²) < 4.78 is 24.9. The van der Waals surface area contributed by atoms with Crippen molar-refractivity contribution in [1.29, 1.82) is 0 Å². The number of hydrogen-bond donors (Lipinski definition) is 1. The van der Waals surface area contributed by atoms with Gasteiger partial charge in [-0.25, -0.2) is 9.18 Å². The number of nitrogens with one attached hydrogen (secondary N) is 1. The van der Waals surface area contributed by atoms with E-state index < -0.39 is 0 Å². The molecule has 3 rings (SSSR count). The van der Waals surface area contributed by atoms with Gasteiger partial charge in [-0.2, -0.15) is 0 Å². The van der Waals surface area contributed by atoms with Crippen LogP contribution in [-0.2, 0) is 16.1 Å². The van der Waals surface area contributed by atoms with Gasteiger partial charge in [-0.15, -0.1) is 0 Å². The van der Waals surface area contributed by atoms with Crippen LogP contribution in [0.4, 0.5) is 9.18 Å². The van der Waals surface area contributed by atoms with Crippen molar-refractivity contribution in [1.82, 2.24) is 10.2 Å². The molecule has 0 radical (unpaired) electrons. The molecule has 1 saturated heterocycles. The van der Waals surface area contributed by atoms with Crippen LogP contribution < -0.4 is 5.32 Å². The Balaban J connectivity index is 1.46. The number of amides is 1. The number of halogens is 1. The Bertz CT molecular complexity index is 785. The van der Waals surface area contributed by atoms with Crippen LogP contribution in [0.5, 0.6) is 0 Å². The lowest BCUT2D eigenvalue weighted by atomic mass is 10.1. The van der Waals surface area contributed by atoms with Crippen molar-refractivity contribution in [3.05, 3.63) is 71.0 Å². The Morgan fingerprint density at radius 3 is 2.86 bits per heavy atom. The quantitative estimate of drug-likeness (QED) is 0.820. The molecule has 1 fully saturated rings. The highest BCUT2D eigenvalue weighted by Crippen LogP contribution is 2.17. The topological polar surface area (TPSA) is 50.8 Å². The highest BCUT2D eigenvalue weighted by Gasteiger charge is 2.25. The molecular weight excluding hydrogens is 359 g/mol. The van der Waals surface area contributed by atoms with Gasteiger partial charge in [0.25, 0.3) is 0 Å². The van der Waals surface area contributed by atoms with Gasteiger partial charge in [0.1, 0.15) is 12.4 Å². The first-order chi connectivity index (χ1) is 13.5. The molecular formula is C22H27FN2O3. The first-order valence-corrected chi connectivity index (χ1v) is 9.59. The van der Waals surface area contributed by atoms with Gasteiger partial charge in [0.05, 0.1) is 19.3 Å². The minimum Gasteiger partial charge on any atom is -0.445 e. The standard InChI is InChI=1S/C22H27FN2O3/c1-16-8-9-19(12-21(16)23)17(2)24-13-20-14-25(10-11-27-20)22(26)28-15-18-6-4-3-5-7-18/h3-9,12,17,20,24H,10-11,13-15H2,1-2H3. The van der Waals surface area contributed by atoms with Crippen LogP contribution in [0.15, 0.2) is 48.5 Å². The predicted octanol–water partition coefficient (Wildman–Crippen LogP) is 3.82. The van der Waals surface area contributed by atoms with Gasteiger partial charge >= 0.3 is 6.09 Å². The second-order valence-corrected chi connectivity index (χ2v) is 7.12. The van der Waals surface area contributed by atoms with E-state index in [2.05, 4.69) is 5.32 Å². The van der Waals surface area contributed by atoms with E-state index in [0.717, 1.165) is 11.1 Å². The summed E-state index contributed by atoms with van der Waals surface area (Å²) in [6.45, 7) is 6.02. The molecule has 0 saturated carbocycles. The molecule has 2 aromatic rings. The Morgan fingerprint density at radius 2 is 2.11 bits per heavy atom. The number of nitrogens with zero attached hydrogens (tertiary/aromatic N) is 1. The summed E-state index contributed by atoms with van der Waals surface area (Å²) in [4.78, 5) is 14.0. The van der Waals surface area contributed by atoms with Crippen LogP contribution in [0.25, 0.3) is 0 Å². The van der Waals surface area contributed by atoms with Crippen LogP contribution in [0.3, 0.4) is 0 Å². The molecule has 5 nitrogen and oxygen atoms in total. The maximum absolute atomic E-state index is 13.8. The smallest absolute Gasteiger partial charge is 0.410 e. The Hall–Kier alpha value is -2.44. The van der Waals surface area contributed by atoms with Gasteiger partial charge < -0.3 is 19.7 Å². The fourth-order valence-electron chi connectivity index (χ4n) is 3.12. The summed E-state index contributed by atoms with van der Waals surface area (Å²) in [5.41, 5.74) is 2.48. The number of morpholine rings is 1. The molecule has 0 spiro atoms. The minimum atomic E-state index is -0.328. The summed E-state index contributed by atoms with van der Waals surface area (Å²) in [6.07, 6.45) is -0.457. The summed E-state index contributed by atoms with van der Waals surface area (Å²) in [5, 5.41) is 3.36. The molecule has 0 bridgehead atoms. The zero-order valence-corrected chi connectivity index (χ0v) is 16.4. The Kier molecular flexibility index (Phi) is 7.01. The lowest BCUT2D eigenvalue weighted by Gasteiger charge is -2.33. The number of rotatable bonds is 6. The molecule has 2 aromatic carbocycles. The Morgan fingerprint density at radius 1 is 1.32 bits per heavy atom. The molecule has 28 heavy (non-hydrogen) atoms. The first-order valence-electron chi connectivity index (χ1n) is 9.59. The van der Waals surface area contributed by atoms with E-state index in [4.69, 9.17) is 9.47 Å². The molecule has 2 unspecified atom stereocenters. The SMILES string of the molecule is Cc1ccc(C(C)NCC2CN(C(=O)OCc3ccccc3)CCO2)cc1F. The van der Waals surface area contributed by atoms with Crippen molar-refractivity contribution in [2.45, 2.75) is 32.6 Å². The second kappa shape index (κ2) is 9.66. The van der Waals surface area contributed by atoms with Gasteiger partial charge in [0, 0.05) is 19.1 Å². The molecule has 0 aromatic heterocycles. The van der Waals surface area contributed by atoms with E-state index in [1.54, 1.807) is 24.0 Å². The van der Waals surface area contributed by atoms with Crippen LogP contribution in [-0.4, -0.2) is 43.3 Å². The van der Waals surface area contributed by atoms with E-state index in [0.29, 0.717) is 31.8 Å². The largest absolute Gasteiger partial charge is 0.445 e. The van der Waals surface area contributed by atoms with E-state index in [1.165, 1.54) is 0 Å². The lowest BCUT2D eigenvalue weighted by molar-refractivity contribution is -0.0278. The maximum Gasteiger partial charge on any atom is 0.410 e. The summed E-state index contributed by atoms with van der Waals surface area (Å²) >= 11 is 0. The number of aryl methyl sites for hydroxylation is 1. The number of ether oxygens (including phenoxy) is 2. The molecule has 1 amide bonds. The summed E-state index contributed by atoms with van der Waals surface area (Å²) in [6, 6.07) is 14.9. The number of benzene rings is 2. The molecule has 1 N–H and O–H groups in total. The Labute approximate surface area is 165 Å². The molecule has 0 aliphatic carbocycles. The van der Waals surface area contributed by atoms with E-state index in [-0.39, 0.29) is 30.7 Å². The monoisotopic (exact) mass is 386 g/mol. The van der Waals surface area contributed by atoms with Gasteiger partial charge in [0.2, 0.25) is 0 Å². The average Bonchev–Trinajstić information content (AvgIpc) is 2.73. The van der Waals surface area contributed by atoms with Crippen LogP contribution >= 0.6 is 0 Å². The summed E-state index contributed by atoms with van der Waals surface area (Å²) in [7, 11) is 0. The maximum atomic E-state index is 13.8. The van der Waals surface area contributed by atoms with Gasteiger partial charge in [-0.3, -0.25) is 0 Å². The average molecular weight is 386 g/mol. The van der Waals surface area contributed by atoms with Crippen molar-refractivity contribution in [2.24, 2.45) is 0 Å². The molecule has 2 atom stereocenters. The zero-order valence-electron chi connectivity index (χ0n) is 16.4. The third-order valence-corrected chi connectivity index (χ3v) is 4.95. The normalized spacial score (nSPS) is 18.0. The number of carbonyl (C=O) groups excluding carboxylic acids is 1. The van der Waals surface area contributed by atoms with Crippen molar-refractivity contribution < 1.29 is 18.7 Å². The van der Waals surface area contributed by atoms with Crippen molar-refractivity contribution in [2.75, 3.05) is 26.2 Å². The molecule has 1 heterocycles. The number of carbonyl (C=O) groups is 1. The van der Waals surface area contributed by atoms with Crippen molar-refractivity contribution in [3.63, 3.8) is 0 Å². The van der Waals surface area contributed by atoms with E-state index in [1.807, 2.05) is 43.3 Å². The van der Waals surface area contributed by atoms with Gasteiger partial charge in [0.15, 0.2) is 0 Å². The fourth-order valence-corrected chi connectivity index (χ4v) is 3.12. The first kappa shape index (κ1) is 20.3. The third-order valence-electron chi connectivity index (χ3n) is 4.95. The third kappa shape index (κ3) is 5.53. The van der Waals surface area contributed by atoms with E-state index in [9.17, 15) is 9.18 Å². The molecule has 6 heteroatoms. The second-order valence-electron chi connectivity index (χ2n) is 7.12. The van der Waals surface area contributed by atoms with Gasteiger partial charge in [-0.1, -0.05) is 42.5 Å². The van der Waals surface area contributed by atoms with Gasteiger partial charge in [-0.05, 0) is 36.6 Å². The van der Waals surface area contributed by atoms with Crippen molar-refractivity contribution >= 4 is 6.09 Å². The van der Waals surface area contributed by atoms with Crippen LogP contribution in [0, 0.1) is 12.7 Å².